The lowest BCUT2D eigenvalue weighted by Gasteiger charge is -2.23. The summed E-state index contributed by atoms with van der Waals surface area (Å²) >= 11 is 0. The molecule has 0 saturated heterocycles. The summed E-state index contributed by atoms with van der Waals surface area (Å²) in [6, 6.07) is 0. The molecule has 0 amide bonds. The summed E-state index contributed by atoms with van der Waals surface area (Å²) in [5.74, 6) is -12.0. The Morgan fingerprint density at radius 1 is 0.833 bits per heavy atom. The highest BCUT2D eigenvalue weighted by Crippen LogP contribution is 2.45. The second kappa shape index (κ2) is 2.60. The number of hydrogen-bond acceptors (Lipinski definition) is 1. The van der Waals surface area contributed by atoms with E-state index < -0.39 is 24.3 Å². The fraction of sp³-hybridized carbons (Fsp3) is 0.750. The van der Waals surface area contributed by atoms with Crippen molar-refractivity contribution in [3.05, 3.63) is 0 Å². The number of rotatable bonds is 2. The number of aldehydes is 1. The molecule has 0 spiro atoms. The predicted octanol–water partition coefficient (Wildman–Crippen LogP) is 2.02. The molecule has 0 rings (SSSR count). The van der Waals surface area contributed by atoms with Crippen molar-refractivity contribution in [2.45, 2.75) is 18.0 Å². The molecule has 0 bridgehead atoms. The lowest BCUT2D eigenvalue weighted by Crippen LogP contribution is -2.52. The lowest BCUT2D eigenvalue weighted by molar-refractivity contribution is -0.340. The van der Waals surface area contributed by atoms with E-state index in [-0.39, 0.29) is 0 Å². The molecule has 0 aromatic carbocycles. The third-order valence-electron chi connectivity index (χ3n) is 0.923. The first-order valence-electron chi connectivity index (χ1n) is 2.35. The molecule has 0 radical (unpaired) electrons. The van der Waals surface area contributed by atoms with Crippen molar-refractivity contribution >= 4 is 6.29 Å². The summed E-state index contributed by atoms with van der Waals surface area (Å²) in [5, 5.41) is 0. The van der Waals surface area contributed by atoms with Gasteiger partial charge in [-0.2, -0.15) is 30.7 Å². The van der Waals surface area contributed by atoms with E-state index in [2.05, 4.69) is 0 Å². The van der Waals surface area contributed by atoms with Gasteiger partial charge in [-0.05, 0) is 0 Å². The van der Waals surface area contributed by atoms with Crippen LogP contribution in [0.5, 0.6) is 0 Å². The van der Waals surface area contributed by atoms with Crippen molar-refractivity contribution in [1.82, 2.24) is 0 Å². The molecule has 0 unspecified atom stereocenters. The van der Waals surface area contributed by atoms with Gasteiger partial charge in [0.05, 0.1) is 0 Å². The summed E-state index contributed by atoms with van der Waals surface area (Å²) in [6.45, 7) is 0. The van der Waals surface area contributed by atoms with Crippen molar-refractivity contribution in [2.75, 3.05) is 0 Å². The zero-order valence-corrected chi connectivity index (χ0v) is 5.13. The molecular weight excluding hydrogens is 197 g/mol. The minimum atomic E-state index is -6.43. The quantitative estimate of drug-likeness (QED) is 0.490. The van der Waals surface area contributed by atoms with Gasteiger partial charge in [0.25, 0.3) is 0 Å². The summed E-state index contributed by atoms with van der Waals surface area (Å²) in [5.41, 5.74) is 0. The molecule has 12 heavy (non-hydrogen) atoms. The van der Waals surface area contributed by atoms with E-state index in [1.54, 1.807) is 0 Å². The van der Waals surface area contributed by atoms with E-state index in [4.69, 9.17) is 0 Å². The third kappa shape index (κ3) is 1.51. The number of halogens is 7. The standard InChI is InChI=1S/C4HF7O/c5-2(6,1-12)3(7,8)4(9,10)11/h1H. The first kappa shape index (κ1) is 11.2. The van der Waals surface area contributed by atoms with E-state index in [0.29, 0.717) is 0 Å². The maximum atomic E-state index is 11.6. The minimum Gasteiger partial charge on any atom is -0.296 e. The topological polar surface area (TPSA) is 17.1 Å². The van der Waals surface area contributed by atoms with Crippen LogP contribution in [0.2, 0.25) is 0 Å². The van der Waals surface area contributed by atoms with Gasteiger partial charge < -0.3 is 0 Å². The Morgan fingerprint density at radius 2 is 1.17 bits per heavy atom. The molecule has 0 saturated carbocycles. The van der Waals surface area contributed by atoms with Gasteiger partial charge in [0.1, 0.15) is 0 Å². The number of carbonyl (C=O) groups is 1. The first-order valence-corrected chi connectivity index (χ1v) is 2.35. The van der Waals surface area contributed by atoms with Gasteiger partial charge in [-0.15, -0.1) is 0 Å². The Balaban J connectivity index is 4.97. The highest BCUT2D eigenvalue weighted by molar-refractivity contribution is 5.61. The van der Waals surface area contributed by atoms with Crippen LogP contribution >= 0.6 is 0 Å². The maximum absolute atomic E-state index is 11.6. The summed E-state index contributed by atoms with van der Waals surface area (Å²) in [4.78, 5) is 9.19. The van der Waals surface area contributed by atoms with Gasteiger partial charge in [-0.1, -0.05) is 0 Å². The van der Waals surface area contributed by atoms with Gasteiger partial charge >= 0.3 is 18.0 Å². The fourth-order valence-electron chi connectivity index (χ4n) is 0.263. The largest absolute Gasteiger partial charge is 0.460 e. The molecule has 1 nitrogen and oxygen atoms in total. The number of carbonyl (C=O) groups excluding carboxylic acids is 1. The van der Waals surface area contributed by atoms with Crippen LogP contribution in [-0.2, 0) is 4.79 Å². The van der Waals surface area contributed by atoms with Crippen molar-refractivity contribution in [1.29, 1.82) is 0 Å². The smallest absolute Gasteiger partial charge is 0.296 e. The average molecular weight is 198 g/mol. The highest BCUT2D eigenvalue weighted by atomic mass is 19.4. The molecule has 0 aliphatic carbocycles. The van der Waals surface area contributed by atoms with Crippen LogP contribution in [0.3, 0.4) is 0 Å². The van der Waals surface area contributed by atoms with Crippen LogP contribution in [0.15, 0.2) is 0 Å². The average Bonchev–Trinajstić information content (AvgIpc) is 1.85. The van der Waals surface area contributed by atoms with Crippen LogP contribution in [0.4, 0.5) is 30.7 Å². The first-order chi connectivity index (χ1) is 5.06. The molecule has 0 atom stereocenters. The molecule has 8 heteroatoms. The Labute approximate surface area is 61.2 Å². The Kier molecular flexibility index (Phi) is 2.42. The van der Waals surface area contributed by atoms with E-state index >= 15 is 0 Å². The molecule has 0 aliphatic heterocycles. The van der Waals surface area contributed by atoms with Gasteiger partial charge in [0.2, 0.25) is 0 Å². The zero-order chi connectivity index (χ0) is 10.2. The van der Waals surface area contributed by atoms with Crippen LogP contribution in [0.1, 0.15) is 0 Å². The van der Waals surface area contributed by atoms with E-state index in [1.807, 2.05) is 0 Å². The number of alkyl halides is 7. The molecule has 0 aliphatic rings. The SMILES string of the molecule is O=CC(F)(F)C(F)(F)C(F)(F)F. The predicted molar refractivity (Wildman–Crippen MR) is 22.0 cm³/mol. The minimum absolute atomic E-state index is 1.74. The van der Waals surface area contributed by atoms with E-state index in [0.717, 1.165) is 0 Å². The Hall–Kier alpha value is -0.820. The summed E-state index contributed by atoms with van der Waals surface area (Å²) < 4.78 is 79.8. The Morgan fingerprint density at radius 3 is 1.25 bits per heavy atom. The molecule has 0 aromatic heterocycles. The van der Waals surface area contributed by atoms with Crippen molar-refractivity contribution in [3.8, 4) is 0 Å². The van der Waals surface area contributed by atoms with Crippen LogP contribution in [0, 0.1) is 0 Å². The van der Waals surface area contributed by atoms with Crippen LogP contribution in [-0.4, -0.2) is 24.3 Å². The van der Waals surface area contributed by atoms with Crippen LogP contribution < -0.4 is 0 Å². The van der Waals surface area contributed by atoms with Crippen LogP contribution in [0.25, 0.3) is 0 Å². The highest BCUT2D eigenvalue weighted by Gasteiger charge is 2.73. The van der Waals surface area contributed by atoms with Gasteiger partial charge in [-0.25, -0.2) is 0 Å². The van der Waals surface area contributed by atoms with E-state index in [9.17, 15) is 35.5 Å². The molecule has 0 aromatic rings. The number of hydrogen-bond donors (Lipinski definition) is 0. The van der Waals surface area contributed by atoms with E-state index in [1.165, 1.54) is 0 Å². The maximum Gasteiger partial charge on any atom is 0.460 e. The second-order valence-electron chi connectivity index (χ2n) is 1.81. The summed E-state index contributed by atoms with van der Waals surface area (Å²) in [6.07, 6.45) is -8.17. The molecule has 72 valence electrons. The van der Waals surface area contributed by atoms with Crippen molar-refractivity contribution in [2.24, 2.45) is 0 Å². The zero-order valence-electron chi connectivity index (χ0n) is 5.13. The molecule has 0 N–H and O–H groups in total. The normalized spacial score (nSPS) is 14.6. The molecule has 0 fully saturated rings. The molecule has 0 heterocycles. The van der Waals surface area contributed by atoms with Crippen molar-refractivity contribution < 1.29 is 35.5 Å². The van der Waals surface area contributed by atoms with Gasteiger partial charge in [0, 0.05) is 0 Å². The van der Waals surface area contributed by atoms with Gasteiger partial charge in [0.15, 0.2) is 6.29 Å². The third-order valence-corrected chi connectivity index (χ3v) is 0.923. The summed E-state index contributed by atoms with van der Waals surface area (Å²) in [7, 11) is 0. The van der Waals surface area contributed by atoms with Gasteiger partial charge in [-0.3, -0.25) is 4.79 Å². The lowest BCUT2D eigenvalue weighted by atomic mass is 10.2. The monoisotopic (exact) mass is 198 g/mol. The van der Waals surface area contributed by atoms with Crippen molar-refractivity contribution in [3.63, 3.8) is 0 Å². The fourth-order valence-corrected chi connectivity index (χ4v) is 0.263. The second-order valence-corrected chi connectivity index (χ2v) is 1.81. The molecular formula is C4HF7O. The Bertz CT molecular complexity index is 180.